The van der Waals surface area contributed by atoms with E-state index in [1.54, 1.807) is 6.07 Å². The SMILES string of the molecule is CC(C)Nc1ccnc(F)c1. The van der Waals surface area contributed by atoms with Gasteiger partial charge in [0.25, 0.3) is 0 Å². The van der Waals surface area contributed by atoms with E-state index in [0.29, 0.717) is 6.04 Å². The Kier molecular flexibility index (Phi) is 2.41. The molecule has 0 amide bonds. The predicted molar refractivity (Wildman–Crippen MR) is 43.0 cm³/mol. The molecule has 0 aliphatic rings. The molecule has 0 saturated carbocycles. The Labute approximate surface area is 65.5 Å². The highest BCUT2D eigenvalue weighted by molar-refractivity contribution is 5.41. The minimum Gasteiger partial charge on any atom is -0.383 e. The quantitative estimate of drug-likeness (QED) is 0.659. The van der Waals surface area contributed by atoms with Gasteiger partial charge in [-0.05, 0) is 19.9 Å². The maximum atomic E-state index is 12.5. The average Bonchev–Trinajstić information content (AvgIpc) is 1.85. The average molecular weight is 154 g/mol. The second kappa shape index (κ2) is 3.32. The first-order valence-corrected chi connectivity index (χ1v) is 3.56. The summed E-state index contributed by atoms with van der Waals surface area (Å²) in [7, 11) is 0. The Bertz CT molecular complexity index is 235. The van der Waals surface area contributed by atoms with E-state index in [4.69, 9.17) is 0 Å². The molecule has 1 aromatic rings. The van der Waals surface area contributed by atoms with Crippen molar-refractivity contribution in [3.63, 3.8) is 0 Å². The van der Waals surface area contributed by atoms with Gasteiger partial charge in [0.15, 0.2) is 0 Å². The van der Waals surface area contributed by atoms with Gasteiger partial charge in [-0.25, -0.2) is 4.98 Å². The van der Waals surface area contributed by atoms with E-state index in [1.165, 1.54) is 12.3 Å². The lowest BCUT2D eigenvalue weighted by molar-refractivity contribution is 0.584. The second-order valence-electron chi connectivity index (χ2n) is 2.67. The van der Waals surface area contributed by atoms with Gasteiger partial charge in [0.2, 0.25) is 5.95 Å². The molecule has 0 aromatic carbocycles. The van der Waals surface area contributed by atoms with Crippen LogP contribution in [0.5, 0.6) is 0 Å². The Morgan fingerprint density at radius 3 is 2.82 bits per heavy atom. The van der Waals surface area contributed by atoms with Crippen LogP contribution in [0.2, 0.25) is 0 Å². The molecule has 1 aromatic heterocycles. The molecule has 60 valence electrons. The molecule has 0 atom stereocenters. The lowest BCUT2D eigenvalue weighted by atomic mass is 10.3. The molecule has 0 saturated heterocycles. The molecule has 0 bridgehead atoms. The fraction of sp³-hybridized carbons (Fsp3) is 0.375. The number of hydrogen-bond acceptors (Lipinski definition) is 2. The van der Waals surface area contributed by atoms with Crippen molar-refractivity contribution in [1.82, 2.24) is 4.98 Å². The molecular weight excluding hydrogens is 143 g/mol. The molecule has 0 fully saturated rings. The summed E-state index contributed by atoms with van der Waals surface area (Å²) < 4.78 is 12.5. The van der Waals surface area contributed by atoms with Crippen molar-refractivity contribution >= 4 is 5.69 Å². The second-order valence-corrected chi connectivity index (χ2v) is 2.67. The summed E-state index contributed by atoms with van der Waals surface area (Å²) in [5.41, 5.74) is 0.771. The Hall–Kier alpha value is -1.12. The number of halogens is 1. The normalized spacial score (nSPS) is 10.2. The number of anilines is 1. The number of pyridine rings is 1. The van der Waals surface area contributed by atoms with Gasteiger partial charge in [-0.2, -0.15) is 4.39 Å². The van der Waals surface area contributed by atoms with E-state index in [2.05, 4.69) is 10.3 Å². The van der Waals surface area contributed by atoms with Crippen molar-refractivity contribution in [2.75, 3.05) is 5.32 Å². The summed E-state index contributed by atoms with van der Waals surface area (Å²) in [6.07, 6.45) is 1.44. The summed E-state index contributed by atoms with van der Waals surface area (Å²) in [6.45, 7) is 4.00. The van der Waals surface area contributed by atoms with E-state index < -0.39 is 5.95 Å². The van der Waals surface area contributed by atoms with E-state index in [0.717, 1.165) is 5.69 Å². The lowest BCUT2D eigenvalue weighted by Gasteiger charge is -2.08. The molecule has 0 unspecified atom stereocenters. The number of nitrogens with one attached hydrogen (secondary N) is 1. The van der Waals surface area contributed by atoms with Crippen molar-refractivity contribution in [2.24, 2.45) is 0 Å². The third kappa shape index (κ3) is 2.53. The summed E-state index contributed by atoms with van der Waals surface area (Å²) in [4.78, 5) is 3.44. The first kappa shape index (κ1) is 7.98. The topological polar surface area (TPSA) is 24.9 Å². The number of nitrogens with zero attached hydrogens (tertiary/aromatic N) is 1. The third-order valence-electron chi connectivity index (χ3n) is 1.18. The zero-order valence-corrected chi connectivity index (χ0v) is 6.63. The molecule has 1 N–H and O–H groups in total. The van der Waals surface area contributed by atoms with Gasteiger partial charge in [0.1, 0.15) is 0 Å². The van der Waals surface area contributed by atoms with E-state index in [9.17, 15) is 4.39 Å². The van der Waals surface area contributed by atoms with Crippen molar-refractivity contribution in [3.8, 4) is 0 Å². The van der Waals surface area contributed by atoms with E-state index >= 15 is 0 Å². The van der Waals surface area contributed by atoms with Gasteiger partial charge in [-0.1, -0.05) is 0 Å². The molecule has 1 heterocycles. The molecule has 0 aliphatic heterocycles. The van der Waals surface area contributed by atoms with Gasteiger partial charge in [0.05, 0.1) is 0 Å². The van der Waals surface area contributed by atoms with Crippen LogP contribution < -0.4 is 5.32 Å². The van der Waals surface area contributed by atoms with Crippen LogP contribution in [0, 0.1) is 5.95 Å². The molecule has 0 spiro atoms. The predicted octanol–water partition coefficient (Wildman–Crippen LogP) is 2.04. The first-order valence-electron chi connectivity index (χ1n) is 3.56. The molecule has 0 aliphatic carbocycles. The number of aromatic nitrogens is 1. The van der Waals surface area contributed by atoms with Crippen molar-refractivity contribution in [2.45, 2.75) is 19.9 Å². The Balaban J connectivity index is 2.71. The minimum absolute atomic E-state index is 0.316. The largest absolute Gasteiger partial charge is 0.383 e. The van der Waals surface area contributed by atoms with Crippen LogP contribution in [0.1, 0.15) is 13.8 Å². The minimum atomic E-state index is -0.448. The summed E-state index contributed by atoms with van der Waals surface area (Å²) >= 11 is 0. The Morgan fingerprint density at radius 1 is 1.55 bits per heavy atom. The summed E-state index contributed by atoms with van der Waals surface area (Å²) in [5, 5.41) is 3.07. The van der Waals surface area contributed by atoms with Crippen LogP contribution in [-0.2, 0) is 0 Å². The standard InChI is InChI=1S/C8H11FN2/c1-6(2)11-7-3-4-10-8(9)5-7/h3-6H,1-2H3,(H,10,11). The van der Waals surface area contributed by atoms with Gasteiger partial charge in [0, 0.05) is 24.0 Å². The van der Waals surface area contributed by atoms with Crippen molar-refractivity contribution in [1.29, 1.82) is 0 Å². The lowest BCUT2D eigenvalue weighted by Crippen LogP contribution is -2.09. The molecule has 2 nitrogen and oxygen atoms in total. The highest BCUT2D eigenvalue weighted by Gasteiger charge is 1.96. The fourth-order valence-corrected chi connectivity index (χ4v) is 0.826. The molecule has 3 heteroatoms. The smallest absolute Gasteiger partial charge is 0.214 e. The molecule has 1 rings (SSSR count). The van der Waals surface area contributed by atoms with Crippen LogP contribution in [0.4, 0.5) is 10.1 Å². The van der Waals surface area contributed by atoms with Gasteiger partial charge in [-0.3, -0.25) is 0 Å². The Morgan fingerprint density at radius 2 is 2.27 bits per heavy atom. The maximum Gasteiger partial charge on any atom is 0.214 e. The van der Waals surface area contributed by atoms with Crippen LogP contribution in [-0.4, -0.2) is 11.0 Å². The molecule has 0 radical (unpaired) electrons. The van der Waals surface area contributed by atoms with Crippen LogP contribution in [0.25, 0.3) is 0 Å². The first-order chi connectivity index (χ1) is 5.18. The zero-order chi connectivity index (χ0) is 8.27. The summed E-state index contributed by atoms with van der Waals surface area (Å²) in [6, 6.07) is 3.43. The highest BCUT2D eigenvalue weighted by atomic mass is 19.1. The number of rotatable bonds is 2. The van der Waals surface area contributed by atoms with E-state index in [-0.39, 0.29) is 0 Å². The monoisotopic (exact) mass is 154 g/mol. The summed E-state index contributed by atoms with van der Waals surface area (Å²) in [5.74, 6) is -0.448. The molecule has 11 heavy (non-hydrogen) atoms. The van der Waals surface area contributed by atoms with Crippen LogP contribution >= 0.6 is 0 Å². The van der Waals surface area contributed by atoms with Gasteiger partial charge < -0.3 is 5.32 Å². The number of hydrogen-bond donors (Lipinski definition) is 1. The van der Waals surface area contributed by atoms with Crippen molar-refractivity contribution in [3.05, 3.63) is 24.3 Å². The van der Waals surface area contributed by atoms with Gasteiger partial charge >= 0.3 is 0 Å². The highest BCUT2D eigenvalue weighted by Crippen LogP contribution is 2.07. The fourth-order valence-electron chi connectivity index (χ4n) is 0.826. The third-order valence-corrected chi connectivity index (χ3v) is 1.18. The van der Waals surface area contributed by atoms with Crippen LogP contribution in [0.3, 0.4) is 0 Å². The van der Waals surface area contributed by atoms with Crippen molar-refractivity contribution < 1.29 is 4.39 Å². The zero-order valence-electron chi connectivity index (χ0n) is 6.63. The maximum absolute atomic E-state index is 12.5. The molecular formula is C8H11FN2. The van der Waals surface area contributed by atoms with E-state index in [1.807, 2.05) is 13.8 Å². The van der Waals surface area contributed by atoms with Crippen LogP contribution in [0.15, 0.2) is 18.3 Å². The van der Waals surface area contributed by atoms with Gasteiger partial charge in [-0.15, -0.1) is 0 Å².